The van der Waals surface area contributed by atoms with E-state index in [0.29, 0.717) is 18.1 Å². The molecule has 0 fully saturated rings. The van der Waals surface area contributed by atoms with Gasteiger partial charge in [-0.3, -0.25) is 0 Å². The second kappa shape index (κ2) is 6.55. The van der Waals surface area contributed by atoms with E-state index >= 15 is 0 Å². The fraction of sp³-hybridized carbons (Fsp3) is 0.286. The lowest BCUT2D eigenvalue weighted by Gasteiger charge is -2.08. The molecule has 0 aliphatic heterocycles. The Balaban J connectivity index is 1.87. The van der Waals surface area contributed by atoms with Crippen LogP contribution in [0.3, 0.4) is 0 Å². The van der Waals surface area contributed by atoms with Gasteiger partial charge < -0.3 is 4.74 Å². The van der Waals surface area contributed by atoms with Gasteiger partial charge in [-0.1, -0.05) is 11.6 Å². The van der Waals surface area contributed by atoms with E-state index < -0.39 is 0 Å². The Kier molecular flexibility index (Phi) is 4.78. The maximum atomic E-state index is 8.59. The van der Waals surface area contributed by atoms with Gasteiger partial charge in [-0.2, -0.15) is 5.26 Å². The average molecular weight is 293 g/mol. The molecule has 2 aromatic rings. The van der Waals surface area contributed by atoms with Crippen LogP contribution in [0.5, 0.6) is 5.75 Å². The van der Waals surface area contributed by atoms with Gasteiger partial charge in [0.05, 0.1) is 29.8 Å². The second-order valence-corrected chi connectivity index (χ2v) is 5.45. The van der Waals surface area contributed by atoms with Gasteiger partial charge in [0, 0.05) is 16.8 Å². The number of aryl methyl sites for hydroxylation is 1. The molecule has 0 saturated heterocycles. The highest BCUT2D eigenvalue weighted by atomic mass is 35.5. The summed E-state index contributed by atoms with van der Waals surface area (Å²) in [7, 11) is 0. The third-order valence-corrected chi connectivity index (χ3v) is 3.76. The smallest absolute Gasteiger partial charge is 0.122 e. The highest BCUT2D eigenvalue weighted by molar-refractivity contribution is 7.09. The Morgan fingerprint density at radius 3 is 3.05 bits per heavy atom. The van der Waals surface area contributed by atoms with Crippen molar-refractivity contribution in [1.82, 2.24) is 4.98 Å². The molecular formula is C14H13ClN2OS. The molecule has 1 aromatic carbocycles. The predicted octanol–water partition coefficient (Wildman–Crippen LogP) is 3.79. The number of hydrogen-bond acceptors (Lipinski definition) is 4. The largest absolute Gasteiger partial charge is 0.493 e. The molecule has 0 atom stereocenters. The standard InChI is InChI=1S/C14H13ClN2OS/c1-10-8-11(15)2-3-13(10)18-7-5-14-17-12(4-6-16)9-19-14/h2-3,8-9H,4-5,7H2,1H3. The van der Waals surface area contributed by atoms with E-state index in [1.54, 1.807) is 11.3 Å². The number of thiazole rings is 1. The first-order valence-electron chi connectivity index (χ1n) is 5.88. The maximum Gasteiger partial charge on any atom is 0.122 e. The van der Waals surface area contributed by atoms with Gasteiger partial charge in [-0.05, 0) is 30.7 Å². The lowest BCUT2D eigenvalue weighted by molar-refractivity contribution is 0.319. The van der Waals surface area contributed by atoms with Crippen LogP contribution < -0.4 is 4.74 Å². The van der Waals surface area contributed by atoms with Crippen LogP contribution in [0.2, 0.25) is 5.02 Å². The predicted molar refractivity (Wildman–Crippen MR) is 76.8 cm³/mol. The second-order valence-electron chi connectivity index (χ2n) is 4.08. The van der Waals surface area contributed by atoms with E-state index in [4.69, 9.17) is 21.6 Å². The topological polar surface area (TPSA) is 45.9 Å². The van der Waals surface area contributed by atoms with Crippen molar-refractivity contribution in [2.24, 2.45) is 0 Å². The van der Waals surface area contributed by atoms with Crippen LogP contribution in [0, 0.1) is 18.3 Å². The molecule has 3 nitrogen and oxygen atoms in total. The van der Waals surface area contributed by atoms with Crippen molar-refractivity contribution in [3.8, 4) is 11.8 Å². The van der Waals surface area contributed by atoms with Gasteiger partial charge >= 0.3 is 0 Å². The van der Waals surface area contributed by atoms with Crippen molar-refractivity contribution >= 4 is 22.9 Å². The lowest BCUT2D eigenvalue weighted by atomic mass is 10.2. The van der Waals surface area contributed by atoms with Crippen LogP contribution in [0.1, 0.15) is 16.3 Å². The fourth-order valence-corrected chi connectivity index (χ4v) is 2.65. The number of benzene rings is 1. The highest BCUT2D eigenvalue weighted by Crippen LogP contribution is 2.22. The van der Waals surface area contributed by atoms with Crippen molar-refractivity contribution < 1.29 is 4.74 Å². The Hall–Kier alpha value is -1.57. The van der Waals surface area contributed by atoms with E-state index in [1.807, 2.05) is 30.5 Å². The van der Waals surface area contributed by atoms with Gasteiger partial charge in [-0.25, -0.2) is 4.98 Å². The van der Waals surface area contributed by atoms with Gasteiger partial charge in [-0.15, -0.1) is 11.3 Å². The van der Waals surface area contributed by atoms with Gasteiger partial charge in [0.2, 0.25) is 0 Å². The van der Waals surface area contributed by atoms with E-state index in [1.165, 1.54) is 0 Å². The zero-order valence-electron chi connectivity index (χ0n) is 10.5. The van der Waals surface area contributed by atoms with Gasteiger partial charge in [0.15, 0.2) is 0 Å². The summed E-state index contributed by atoms with van der Waals surface area (Å²) in [4.78, 5) is 4.36. The Labute approximate surface area is 121 Å². The summed E-state index contributed by atoms with van der Waals surface area (Å²) in [5, 5.41) is 12.2. The van der Waals surface area contributed by atoms with Crippen molar-refractivity contribution in [2.45, 2.75) is 19.8 Å². The van der Waals surface area contributed by atoms with Gasteiger partial charge in [0.25, 0.3) is 0 Å². The summed E-state index contributed by atoms with van der Waals surface area (Å²) in [6.07, 6.45) is 1.12. The first-order chi connectivity index (χ1) is 9.19. The van der Waals surface area contributed by atoms with E-state index in [-0.39, 0.29) is 0 Å². The van der Waals surface area contributed by atoms with E-state index in [2.05, 4.69) is 11.1 Å². The van der Waals surface area contributed by atoms with Crippen molar-refractivity contribution in [2.75, 3.05) is 6.61 Å². The van der Waals surface area contributed by atoms with Crippen LogP contribution >= 0.6 is 22.9 Å². The zero-order valence-corrected chi connectivity index (χ0v) is 12.1. The summed E-state index contributed by atoms with van der Waals surface area (Å²) in [6.45, 7) is 2.54. The molecule has 0 aliphatic carbocycles. The Morgan fingerprint density at radius 2 is 2.32 bits per heavy atom. The number of hydrogen-bond donors (Lipinski definition) is 0. The molecular weight excluding hydrogens is 280 g/mol. The lowest BCUT2D eigenvalue weighted by Crippen LogP contribution is -2.02. The number of nitrogens with zero attached hydrogens (tertiary/aromatic N) is 2. The molecule has 1 heterocycles. The molecule has 0 bridgehead atoms. The van der Waals surface area contributed by atoms with E-state index in [0.717, 1.165) is 28.4 Å². The van der Waals surface area contributed by atoms with Crippen LogP contribution in [-0.2, 0) is 12.8 Å². The minimum atomic E-state index is 0.369. The third-order valence-electron chi connectivity index (χ3n) is 2.57. The van der Waals surface area contributed by atoms with Crippen LogP contribution in [-0.4, -0.2) is 11.6 Å². The normalized spacial score (nSPS) is 10.2. The van der Waals surface area contributed by atoms with Crippen LogP contribution in [0.25, 0.3) is 0 Å². The molecule has 19 heavy (non-hydrogen) atoms. The summed E-state index contributed by atoms with van der Waals surface area (Å²) in [5.74, 6) is 0.846. The number of aromatic nitrogens is 1. The first kappa shape index (κ1) is 13.9. The summed E-state index contributed by atoms with van der Waals surface area (Å²) >= 11 is 7.46. The molecule has 0 saturated carbocycles. The quantitative estimate of drug-likeness (QED) is 0.842. The van der Waals surface area contributed by atoms with E-state index in [9.17, 15) is 0 Å². The van der Waals surface area contributed by atoms with Crippen LogP contribution in [0.15, 0.2) is 23.6 Å². The van der Waals surface area contributed by atoms with Crippen LogP contribution in [0.4, 0.5) is 0 Å². The minimum absolute atomic E-state index is 0.369. The minimum Gasteiger partial charge on any atom is -0.493 e. The highest BCUT2D eigenvalue weighted by Gasteiger charge is 2.04. The Bertz CT molecular complexity index is 604. The molecule has 5 heteroatoms. The zero-order chi connectivity index (χ0) is 13.7. The first-order valence-corrected chi connectivity index (χ1v) is 7.14. The number of rotatable bonds is 5. The molecule has 0 N–H and O–H groups in total. The number of halogens is 1. The molecule has 0 amide bonds. The van der Waals surface area contributed by atoms with Crippen molar-refractivity contribution in [3.63, 3.8) is 0 Å². The molecule has 98 valence electrons. The monoisotopic (exact) mass is 292 g/mol. The summed E-state index contributed by atoms with van der Waals surface area (Å²) in [5.41, 5.74) is 1.86. The fourth-order valence-electron chi connectivity index (χ4n) is 1.65. The van der Waals surface area contributed by atoms with Crippen molar-refractivity contribution in [3.05, 3.63) is 44.9 Å². The molecule has 0 aliphatic rings. The average Bonchev–Trinajstić information content (AvgIpc) is 2.80. The number of nitriles is 1. The van der Waals surface area contributed by atoms with Crippen molar-refractivity contribution in [1.29, 1.82) is 5.26 Å². The molecule has 2 rings (SSSR count). The maximum absolute atomic E-state index is 8.59. The summed E-state index contributed by atoms with van der Waals surface area (Å²) in [6, 6.07) is 7.67. The number of ether oxygens (including phenoxy) is 1. The SMILES string of the molecule is Cc1cc(Cl)ccc1OCCc1nc(CC#N)cs1. The summed E-state index contributed by atoms with van der Waals surface area (Å²) < 4.78 is 5.71. The molecule has 1 aromatic heterocycles. The third kappa shape index (κ3) is 3.95. The molecule has 0 radical (unpaired) electrons. The van der Waals surface area contributed by atoms with Gasteiger partial charge in [0.1, 0.15) is 5.75 Å². The molecule has 0 unspecified atom stereocenters. The molecule has 0 spiro atoms. The Morgan fingerprint density at radius 1 is 1.47 bits per heavy atom.